The molecule has 6 saturated heterocycles. The summed E-state index contributed by atoms with van der Waals surface area (Å²) in [4.78, 5) is 28.3. The third-order valence-electron chi connectivity index (χ3n) is 14.6. The summed E-state index contributed by atoms with van der Waals surface area (Å²) in [6, 6.07) is 7.22. The Balaban J connectivity index is 0.000000199. The maximum Gasteiger partial charge on any atom is 0.238 e. The molecule has 63 heavy (non-hydrogen) atoms. The molecular weight excluding hydrogens is 820 g/mol. The molecule has 6 aliphatic heterocycles. The number of piperidine rings is 2. The molecule has 1 saturated carbocycles. The van der Waals surface area contributed by atoms with Crippen LogP contribution in [-0.2, 0) is 21.3 Å². The molecule has 0 amide bonds. The number of halogens is 1. The topological polar surface area (TPSA) is 124 Å². The van der Waals surface area contributed by atoms with Crippen LogP contribution in [0.2, 0.25) is 0 Å². The van der Waals surface area contributed by atoms with Gasteiger partial charge in [-0.1, -0.05) is 19.3 Å². The SMILES string of the molecule is C1CCC(N2CCC2)CC1.CC[NH+]1CCC(N2CCC2)CC1.COc1ncc(-c2nc(N3CCOCC3)nc3c(CN4CCC(N5CCC5)CC4)cc(F)cc23)cc1NS(C)(=O)=O. The minimum Gasteiger partial charge on any atom is -0.480 e. The lowest BCUT2D eigenvalue weighted by Crippen LogP contribution is -3.13. The summed E-state index contributed by atoms with van der Waals surface area (Å²) in [6.45, 7) is 19.3. The van der Waals surface area contributed by atoms with Gasteiger partial charge in [0.25, 0.3) is 0 Å². The van der Waals surface area contributed by atoms with Gasteiger partial charge in [-0.25, -0.2) is 27.8 Å². The number of benzene rings is 1. The highest BCUT2D eigenvalue weighted by atomic mass is 32.2. The van der Waals surface area contributed by atoms with Crippen LogP contribution in [0.25, 0.3) is 22.2 Å². The number of likely N-dealkylation sites (tertiary alicyclic amines) is 5. The van der Waals surface area contributed by atoms with Crippen molar-refractivity contribution in [3.8, 4) is 17.1 Å². The molecule has 0 atom stereocenters. The quantitative estimate of drug-likeness (QED) is 0.282. The number of nitrogens with one attached hydrogen (secondary N) is 2. The third-order valence-corrected chi connectivity index (χ3v) is 15.2. The van der Waals surface area contributed by atoms with Gasteiger partial charge in [0.15, 0.2) is 0 Å². The van der Waals surface area contributed by atoms with E-state index in [4.69, 9.17) is 19.4 Å². The first-order valence-electron chi connectivity index (χ1n) is 24.3. The first kappa shape index (κ1) is 46.3. The van der Waals surface area contributed by atoms with Crippen LogP contribution in [0.5, 0.6) is 5.88 Å². The maximum atomic E-state index is 15.2. The molecule has 2 N–H and O–H groups in total. The lowest BCUT2D eigenvalue weighted by molar-refractivity contribution is -0.903. The fourth-order valence-corrected chi connectivity index (χ4v) is 11.0. The van der Waals surface area contributed by atoms with E-state index in [0.717, 1.165) is 49.8 Å². The Morgan fingerprint density at radius 3 is 1.94 bits per heavy atom. The van der Waals surface area contributed by atoms with E-state index in [1.165, 1.54) is 136 Å². The van der Waals surface area contributed by atoms with Gasteiger partial charge >= 0.3 is 0 Å². The number of sulfonamides is 1. The van der Waals surface area contributed by atoms with E-state index in [1.807, 2.05) is 4.90 Å². The molecular formula is C47H74FN10O4S+. The molecule has 16 heteroatoms. The van der Waals surface area contributed by atoms with Gasteiger partial charge in [0, 0.05) is 67.7 Å². The highest BCUT2D eigenvalue weighted by molar-refractivity contribution is 7.92. The highest BCUT2D eigenvalue weighted by Gasteiger charge is 2.31. The van der Waals surface area contributed by atoms with Crippen LogP contribution in [0, 0.1) is 5.82 Å². The van der Waals surface area contributed by atoms with Crippen molar-refractivity contribution in [1.29, 1.82) is 0 Å². The number of aromatic nitrogens is 3. The number of ether oxygens (including phenoxy) is 2. The summed E-state index contributed by atoms with van der Waals surface area (Å²) in [6.07, 6.45) is 19.4. The predicted molar refractivity (Wildman–Crippen MR) is 249 cm³/mol. The first-order valence-corrected chi connectivity index (χ1v) is 26.2. The molecule has 348 valence electrons. The lowest BCUT2D eigenvalue weighted by Gasteiger charge is -2.43. The Hall–Kier alpha value is -3.25. The average Bonchev–Trinajstić information content (AvgIpc) is 3.23. The van der Waals surface area contributed by atoms with Crippen LogP contribution < -0.4 is 19.3 Å². The number of quaternary nitrogens is 1. The van der Waals surface area contributed by atoms with Crippen LogP contribution in [0.15, 0.2) is 24.4 Å². The zero-order chi connectivity index (χ0) is 43.8. The number of fused-ring (bicyclic) bond motifs is 1. The summed E-state index contributed by atoms with van der Waals surface area (Å²) in [7, 11) is -2.19. The largest absolute Gasteiger partial charge is 0.480 e. The van der Waals surface area contributed by atoms with Crippen molar-refractivity contribution in [3.63, 3.8) is 0 Å². The molecule has 0 spiro atoms. The molecule has 2 aromatic heterocycles. The van der Waals surface area contributed by atoms with E-state index < -0.39 is 10.0 Å². The van der Waals surface area contributed by atoms with Gasteiger partial charge in [0.2, 0.25) is 21.9 Å². The van der Waals surface area contributed by atoms with Crippen LogP contribution in [0.4, 0.5) is 16.0 Å². The zero-order valence-corrected chi connectivity index (χ0v) is 39.2. The molecule has 0 bridgehead atoms. The lowest BCUT2D eigenvalue weighted by atomic mass is 9.92. The molecule has 3 aromatic rings. The second-order valence-corrected chi connectivity index (χ2v) is 20.6. The number of hydrogen-bond acceptors (Lipinski definition) is 12. The molecule has 8 heterocycles. The van der Waals surface area contributed by atoms with Crippen molar-refractivity contribution in [3.05, 3.63) is 35.8 Å². The van der Waals surface area contributed by atoms with Gasteiger partial charge in [-0.2, -0.15) is 0 Å². The van der Waals surface area contributed by atoms with E-state index >= 15 is 4.39 Å². The number of anilines is 2. The number of rotatable bonds is 11. The molecule has 10 rings (SSSR count). The number of pyridine rings is 1. The molecule has 14 nitrogen and oxygen atoms in total. The standard InChI is InChI=1S/C28H36FN7O4S.C10H20N2.C9H17N/c1-39-27-24(33-41(2,37)38)15-19(17-30-27)25-23-16-21(29)14-20(18-34-8-4-22(5-9-34)35-6-3-7-35)26(23)32-28(31-25)36-10-12-40-13-11-36;1-2-11-8-4-10(5-9-11)12-6-3-7-12;1-2-5-9(6-3-1)10-7-4-8-10/h14-17,22,33H,3-13,18H2,1-2H3;10H,2-9H2,1H3;9H,1-8H2/p+1. The normalized spacial score (nSPS) is 24.5. The monoisotopic (exact) mass is 894 g/mol. The van der Waals surface area contributed by atoms with E-state index in [0.29, 0.717) is 67.0 Å². The van der Waals surface area contributed by atoms with Crippen molar-refractivity contribution in [2.75, 3.05) is 121 Å². The number of hydrogen-bond donors (Lipinski definition) is 2. The molecule has 1 aromatic carbocycles. The van der Waals surface area contributed by atoms with Crippen molar-refractivity contribution in [2.45, 2.75) is 109 Å². The average molecular weight is 894 g/mol. The molecule has 0 unspecified atom stereocenters. The zero-order valence-electron chi connectivity index (χ0n) is 38.3. The Kier molecular flexibility index (Phi) is 16.0. The van der Waals surface area contributed by atoms with Gasteiger partial charge in [0.1, 0.15) is 11.5 Å². The number of methoxy groups -OCH3 is 1. The second kappa shape index (κ2) is 21.8. The molecule has 1 aliphatic carbocycles. The molecule has 7 aliphatic rings. The predicted octanol–water partition coefficient (Wildman–Crippen LogP) is 4.50. The third kappa shape index (κ3) is 12.2. The summed E-state index contributed by atoms with van der Waals surface area (Å²) in [5.41, 5.74) is 2.65. The fraction of sp³-hybridized carbons (Fsp3) is 0.723. The Labute approximate surface area is 375 Å². The van der Waals surface area contributed by atoms with Crippen molar-refractivity contribution in [1.82, 2.24) is 34.6 Å². The second-order valence-electron chi connectivity index (χ2n) is 18.9. The summed E-state index contributed by atoms with van der Waals surface area (Å²) in [5, 5.41) is 0.546. The van der Waals surface area contributed by atoms with E-state index in [9.17, 15) is 8.42 Å². The van der Waals surface area contributed by atoms with Gasteiger partial charge < -0.3 is 29.1 Å². The minimum absolute atomic E-state index is 0.124. The van der Waals surface area contributed by atoms with Crippen molar-refractivity contribution < 1.29 is 27.2 Å². The van der Waals surface area contributed by atoms with E-state index in [-0.39, 0.29) is 17.4 Å². The van der Waals surface area contributed by atoms with Crippen LogP contribution in [-0.4, -0.2) is 173 Å². The smallest absolute Gasteiger partial charge is 0.238 e. The highest BCUT2D eigenvalue weighted by Crippen LogP contribution is 2.35. The van der Waals surface area contributed by atoms with Gasteiger partial charge in [-0.05, 0) is 128 Å². The summed E-state index contributed by atoms with van der Waals surface area (Å²) < 4.78 is 52.6. The van der Waals surface area contributed by atoms with Crippen LogP contribution in [0.3, 0.4) is 0 Å². The Morgan fingerprint density at radius 2 is 1.38 bits per heavy atom. The van der Waals surface area contributed by atoms with Crippen molar-refractivity contribution in [2.24, 2.45) is 0 Å². The first-order chi connectivity index (χ1) is 30.6. The fourth-order valence-electron chi connectivity index (χ4n) is 10.5. The van der Waals surface area contributed by atoms with Gasteiger partial charge in [-0.15, -0.1) is 0 Å². The van der Waals surface area contributed by atoms with Crippen LogP contribution in [0.1, 0.15) is 89.5 Å². The molecule has 7 fully saturated rings. The van der Waals surface area contributed by atoms with E-state index in [1.54, 1.807) is 18.3 Å². The van der Waals surface area contributed by atoms with E-state index in [2.05, 4.69) is 41.1 Å². The van der Waals surface area contributed by atoms with Crippen molar-refractivity contribution >= 4 is 32.6 Å². The summed E-state index contributed by atoms with van der Waals surface area (Å²) in [5.74, 6) is 0.274. The number of nitrogens with zero attached hydrogens (tertiary/aromatic N) is 8. The van der Waals surface area contributed by atoms with Crippen LogP contribution >= 0.6 is 0 Å². The minimum atomic E-state index is -3.61. The van der Waals surface area contributed by atoms with Gasteiger partial charge in [-0.3, -0.25) is 14.5 Å². The Morgan fingerprint density at radius 1 is 0.778 bits per heavy atom. The Bertz CT molecular complexity index is 2040. The van der Waals surface area contributed by atoms with Gasteiger partial charge in [0.05, 0.1) is 57.4 Å². The maximum absolute atomic E-state index is 15.2. The number of morpholine rings is 1. The summed E-state index contributed by atoms with van der Waals surface area (Å²) >= 11 is 0. The molecule has 0 radical (unpaired) electrons.